The van der Waals surface area contributed by atoms with Crippen molar-refractivity contribution in [1.29, 1.82) is 0 Å². The molecular weight excluding hydrogens is 420 g/mol. The van der Waals surface area contributed by atoms with Crippen LogP contribution in [0.4, 0.5) is 5.69 Å². The summed E-state index contributed by atoms with van der Waals surface area (Å²) in [7, 11) is -3.75. The molecule has 0 bridgehead atoms. The quantitative estimate of drug-likeness (QED) is 0.633. The molecule has 1 aliphatic rings. The lowest BCUT2D eigenvalue weighted by Crippen LogP contribution is -2.41. The first kappa shape index (κ1) is 20.6. The Kier molecular flexibility index (Phi) is 6.17. The van der Waals surface area contributed by atoms with Gasteiger partial charge in [0.05, 0.1) is 30.2 Å². The lowest BCUT2D eigenvalue weighted by atomic mass is 10.1. The van der Waals surface area contributed by atoms with Crippen molar-refractivity contribution in [3.8, 4) is 11.1 Å². The largest absolute Gasteiger partial charge is 0.378 e. The first-order valence-corrected chi connectivity index (χ1v) is 12.0. The SMILES string of the molecule is O=C(Cc1sccc1NS(=O)(=O)c1ccc(-c2ccccc2)cc1)N1CCOCC1. The summed E-state index contributed by atoms with van der Waals surface area (Å²) in [6.07, 6.45) is 0.169. The number of thiophene rings is 1. The molecule has 0 radical (unpaired) electrons. The first-order valence-electron chi connectivity index (χ1n) is 9.63. The second-order valence-corrected chi connectivity index (χ2v) is 9.61. The number of amides is 1. The summed E-state index contributed by atoms with van der Waals surface area (Å²) < 4.78 is 33.7. The van der Waals surface area contributed by atoms with Gasteiger partial charge in [-0.1, -0.05) is 42.5 Å². The number of anilines is 1. The third kappa shape index (κ3) is 4.72. The molecule has 1 N–H and O–H groups in total. The van der Waals surface area contributed by atoms with Crippen molar-refractivity contribution in [2.45, 2.75) is 11.3 Å². The number of rotatable bonds is 6. The molecule has 4 rings (SSSR count). The van der Waals surface area contributed by atoms with Gasteiger partial charge in [0.15, 0.2) is 0 Å². The number of ether oxygens (including phenoxy) is 1. The van der Waals surface area contributed by atoms with E-state index in [-0.39, 0.29) is 17.2 Å². The van der Waals surface area contributed by atoms with Gasteiger partial charge in [-0.25, -0.2) is 8.42 Å². The van der Waals surface area contributed by atoms with Crippen LogP contribution in [-0.2, 0) is 26.0 Å². The summed E-state index contributed by atoms with van der Waals surface area (Å²) >= 11 is 1.37. The van der Waals surface area contributed by atoms with Gasteiger partial charge in [-0.3, -0.25) is 9.52 Å². The monoisotopic (exact) mass is 442 g/mol. The molecule has 1 aliphatic heterocycles. The zero-order chi connectivity index (χ0) is 21.0. The van der Waals surface area contributed by atoms with Gasteiger partial charge in [-0.15, -0.1) is 11.3 Å². The number of carbonyl (C=O) groups excluding carboxylic acids is 1. The van der Waals surface area contributed by atoms with Crippen LogP contribution >= 0.6 is 11.3 Å². The molecular formula is C22H22N2O4S2. The predicted molar refractivity (Wildman–Crippen MR) is 118 cm³/mol. The maximum atomic E-state index is 12.9. The second-order valence-electron chi connectivity index (χ2n) is 6.92. The number of hydrogen-bond donors (Lipinski definition) is 1. The van der Waals surface area contributed by atoms with Crippen molar-refractivity contribution >= 4 is 33.0 Å². The number of nitrogens with one attached hydrogen (secondary N) is 1. The van der Waals surface area contributed by atoms with E-state index in [0.29, 0.717) is 36.9 Å². The lowest BCUT2D eigenvalue weighted by Gasteiger charge is -2.26. The highest BCUT2D eigenvalue weighted by atomic mass is 32.2. The van der Waals surface area contributed by atoms with Gasteiger partial charge < -0.3 is 9.64 Å². The third-order valence-corrected chi connectivity index (χ3v) is 7.24. The number of morpholine rings is 1. The van der Waals surface area contributed by atoms with Crippen LogP contribution in [0.3, 0.4) is 0 Å². The van der Waals surface area contributed by atoms with Gasteiger partial charge in [-0.2, -0.15) is 0 Å². The molecule has 6 nitrogen and oxygen atoms in total. The fraction of sp³-hybridized carbons (Fsp3) is 0.227. The Balaban J connectivity index is 1.47. The van der Waals surface area contributed by atoms with Crippen LogP contribution in [0.5, 0.6) is 0 Å². The topological polar surface area (TPSA) is 75.7 Å². The molecule has 0 spiro atoms. The van der Waals surface area contributed by atoms with Gasteiger partial charge in [0, 0.05) is 18.0 Å². The Hall–Kier alpha value is -2.68. The summed E-state index contributed by atoms with van der Waals surface area (Å²) in [5.74, 6) is -0.0200. The van der Waals surface area contributed by atoms with Crippen LogP contribution in [0.15, 0.2) is 70.9 Å². The highest BCUT2D eigenvalue weighted by molar-refractivity contribution is 7.92. The van der Waals surface area contributed by atoms with E-state index in [4.69, 9.17) is 4.74 Å². The summed E-state index contributed by atoms with van der Waals surface area (Å²) in [5, 5.41) is 1.79. The summed E-state index contributed by atoms with van der Waals surface area (Å²) in [5.41, 5.74) is 2.42. The van der Waals surface area contributed by atoms with Crippen LogP contribution in [0.1, 0.15) is 4.88 Å². The molecule has 0 unspecified atom stereocenters. The molecule has 8 heteroatoms. The van der Waals surface area contributed by atoms with E-state index >= 15 is 0 Å². The average Bonchev–Trinajstić information content (AvgIpc) is 3.21. The molecule has 1 saturated heterocycles. The molecule has 2 aromatic carbocycles. The smallest absolute Gasteiger partial charge is 0.261 e. The van der Waals surface area contributed by atoms with Crippen LogP contribution < -0.4 is 4.72 Å². The normalized spacial score (nSPS) is 14.5. The van der Waals surface area contributed by atoms with E-state index in [1.165, 1.54) is 11.3 Å². The summed E-state index contributed by atoms with van der Waals surface area (Å²) in [4.78, 5) is 15.2. The minimum Gasteiger partial charge on any atom is -0.378 e. The van der Waals surface area contributed by atoms with Crippen molar-refractivity contribution in [1.82, 2.24) is 4.90 Å². The number of nitrogens with zero attached hydrogens (tertiary/aromatic N) is 1. The number of sulfonamides is 1. The lowest BCUT2D eigenvalue weighted by molar-refractivity contribution is -0.134. The predicted octanol–water partition coefficient (Wildman–Crippen LogP) is 3.62. The maximum absolute atomic E-state index is 12.9. The van der Waals surface area contributed by atoms with E-state index < -0.39 is 10.0 Å². The fourth-order valence-electron chi connectivity index (χ4n) is 3.29. The van der Waals surface area contributed by atoms with Gasteiger partial charge in [-0.05, 0) is 34.7 Å². The molecule has 1 aromatic heterocycles. The summed E-state index contributed by atoms with van der Waals surface area (Å²) in [6.45, 7) is 2.21. The fourth-order valence-corrected chi connectivity index (χ4v) is 5.27. The first-order chi connectivity index (χ1) is 14.5. The molecule has 3 aromatic rings. The van der Waals surface area contributed by atoms with Crippen molar-refractivity contribution < 1.29 is 17.9 Å². The zero-order valence-electron chi connectivity index (χ0n) is 16.3. The molecule has 0 atom stereocenters. The highest BCUT2D eigenvalue weighted by Gasteiger charge is 2.21. The van der Waals surface area contributed by atoms with Gasteiger partial charge in [0.2, 0.25) is 5.91 Å². The third-order valence-electron chi connectivity index (χ3n) is 4.94. The number of hydrogen-bond acceptors (Lipinski definition) is 5. The highest BCUT2D eigenvalue weighted by Crippen LogP contribution is 2.27. The molecule has 30 heavy (non-hydrogen) atoms. The number of carbonyl (C=O) groups is 1. The Bertz CT molecular complexity index is 1100. The number of benzene rings is 2. The molecule has 156 valence electrons. The van der Waals surface area contributed by atoms with E-state index in [1.807, 2.05) is 30.3 Å². The molecule has 1 fully saturated rings. The Morgan fingerprint density at radius 1 is 0.967 bits per heavy atom. The van der Waals surface area contributed by atoms with E-state index in [1.54, 1.807) is 40.6 Å². The van der Waals surface area contributed by atoms with Crippen LogP contribution in [-0.4, -0.2) is 45.5 Å². The maximum Gasteiger partial charge on any atom is 0.261 e. The van der Waals surface area contributed by atoms with Crippen LogP contribution in [0, 0.1) is 0 Å². The molecule has 0 aliphatic carbocycles. The van der Waals surface area contributed by atoms with E-state index in [0.717, 1.165) is 11.1 Å². The van der Waals surface area contributed by atoms with E-state index in [9.17, 15) is 13.2 Å². The van der Waals surface area contributed by atoms with Crippen LogP contribution in [0.2, 0.25) is 0 Å². The van der Waals surface area contributed by atoms with Gasteiger partial charge in [0.25, 0.3) is 10.0 Å². The van der Waals surface area contributed by atoms with Crippen LogP contribution in [0.25, 0.3) is 11.1 Å². The van der Waals surface area contributed by atoms with Crippen molar-refractivity contribution in [3.63, 3.8) is 0 Å². The minimum absolute atomic E-state index is 0.0200. The Morgan fingerprint density at radius 3 is 2.33 bits per heavy atom. The zero-order valence-corrected chi connectivity index (χ0v) is 17.9. The van der Waals surface area contributed by atoms with Gasteiger partial charge in [0.1, 0.15) is 0 Å². The van der Waals surface area contributed by atoms with Gasteiger partial charge >= 0.3 is 0 Å². The molecule has 0 saturated carbocycles. The average molecular weight is 443 g/mol. The minimum atomic E-state index is -3.75. The Labute approximate surface area is 180 Å². The standard InChI is InChI=1S/C22H22N2O4S2/c25-22(24-11-13-28-14-12-24)16-21-20(10-15-29-21)23-30(26,27)19-8-6-18(7-9-19)17-4-2-1-3-5-17/h1-10,15,23H,11-14,16H2. The van der Waals surface area contributed by atoms with Crippen molar-refractivity contribution in [3.05, 3.63) is 70.9 Å². The Morgan fingerprint density at radius 2 is 1.63 bits per heavy atom. The second kappa shape index (κ2) is 8.99. The molecule has 2 heterocycles. The van der Waals surface area contributed by atoms with Crippen molar-refractivity contribution in [2.75, 3.05) is 31.0 Å². The van der Waals surface area contributed by atoms with Crippen molar-refractivity contribution in [2.24, 2.45) is 0 Å². The van der Waals surface area contributed by atoms with E-state index in [2.05, 4.69) is 4.72 Å². The summed E-state index contributed by atoms with van der Waals surface area (Å²) in [6, 6.07) is 18.2. The molecule has 1 amide bonds.